The molecule has 2 aromatic rings. The summed E-state index contributed by atoms with van der Waals surface area (Å²) < 4.78 is 30.1. The number of rotatable bonds is 10. The van der Waals surface area contributed by atoms with Gasteiger partial charge in [-0.05, 0) is 75.5 Å². The molecular weight excluding hydrogens is 510 g/mol. The number of fused-ring (bicyclic) bond motifs is 1. The van der Waals surface area contributed by atoms with Crippen LogP contribution in [0, 0.1) is 11.8 Å². The van der Waals surface area contributed by atoms with Gasteiger partial charge in [0.25, 0.3) is 0 Å². The van der Waals surface area contributed by atoms with Crippen LogP contribution in [0.3, 0.4) is 0 Å². The van der Waals surface area contributed by atoms with Crippen molar-refractivity contribution in [2.45, 2.75) is 95.7 Å². The largest absolute Gasteiger partial charge is 0.329 e. The van der Waals surface area contributed by atoms with Crippen LogP contribution in [-0.2, 0) is 16.6 Å². The van der Waals surface area contributed by atoms with Crippen molar-refractivity contribution in [1.29, 1.82) is 0 Å². The summed E-state index contributed by atoms with van der Waals surface area (Å²) in [7, 11) is -3.20. The van der Waals surface area contributed by atoms with Gasteiger partial charge in [0.2, 0.25) is 10.0 Å². The fourth-order valence-corrected chi connectivity index (χ4v) is 7.97. The summed E-state index contributed by atoms with van der Waals surface area (Å²) in [5.41, 5.74) is 2.19. The third kappa shape index (κ3) is 7.54. The molecule has 2 N–H and O–H groups in total. The lowest BCUT2D eigenvalue weighted by Crippen LogP contribution is -2.46. The number of piperidine rings is 1. The fraction of sp³-hybridized carbons (Fsp3) is 0.767. The highest BCUT2D eigenvalue weighted by Gasteiger charge is 2.34. The van der Waals surface area contributed by atoms with Crippen LogP contribution in [0.25, 0.3) is 11.0 Å². The van der Waals surface area contributed by atoms with Gasteiger partial charge in [0, 0.05) is 44.8 Å². The highest BCUT2D eigenvalue weighted by molar-refractivity contribution is 7.88. The van der Waals surface area contributed by atoms with Gasteiger partial charge in [-0.15, -0.1) is 0 Å². The first-order valence-electron chi connectivity index (χ1n) is 15.5. The van der Waals surface area contributed by atoms with E-state index >= 15 is 0 Å². The molecule has 0 radical (unpaired) electrons. The Kier molecular flexibility index (Phi) is 9.85. The minimum absolute atomic E-state index is 0.114. The van der Waals surface area contributed by atoms with Crippen LogP contribution in [0.5, 0.6) is 0 Å². The van der Waals surface area contributed by atoms with Gasteiger partial charge in [-0.25, -0.2) is 17.9 Å². The Morgan fingerprint density at radius 1 is 0.949 bits per heavy atom. The van der Waals surface area contributed by atoms with Gasteiger partial charge in [0.15, 0.2) is 0 Å². The first-order valence-corrected chi connectivity index (χ1v) is 17.4. The minimum atomic E-state index is -3.20. The molecule has 1 saturated carbocycles. The van der Waals surface area contributed by atoms with Crippen molar-refractivity contribution in [2.75, 3.05) is 39.0 Å². The number of para-hydroxylation sites is 2. The van der Waals surface area contributed by atoms with Crippen LogP contribution in [0.1, 0.15) is 83.1 Å². The molecule has 1 aliphatic carbocycles. The standard InChI is InChI=1S/C30H49N5O3S/c1-39(37,38)32-19-9-13-25-22-33(21-24-11-5-3-2-4-6-12-24)20-17-27(25)35-29-16-8-7-15-28(29)34(30(35)36)23-26-14-10-18-31-26/h7-8,15-16,24-27,31-32H,2-6,9-14,17-23H2,1H3/t25-,26+,27-/m1/s1. The van der Waals surface area contributed by atoms with Gasteiger partial charge in [-0.1, -0.05) is 44.2 Å². The van der Waals surface area contributed by atoms with Crippen LogP contribution in [0.15, 0.2) is 29.1 Å². The molecule has 2 aliphatic heterocycles. The van der Waals surface area contributed by atoms with Gasteiger partial charge in [0.05, 0.1) is 17.3 Å². The Hall–Kier alpha value is -1.68. The van der Waals surface area contributed by atoms with Gasteiger partial charge < -0.3 is 10.2 Å². The Bertz CT molecular complexity index is 1220. The molecule has 0 spiro atoms. The summed E-state index contributed by atoms with van der Waals surface area (Å²) in [6.45, 7) is 5.37. The lowest BCUT2D eigenvalue weighted by molar-refractivity contribution is 0.0959. The fourth-order valence-electron chi connectivity index (χ4n) is 7.46. The number of likely N-dealkylation sites (tertiary alicyclic amines) is 1. The van der Waals surface area contributed by atoms with E-state index in [1.165, 1.54) is 57.6 Å². The molecule has 0 amide bonds. The summed E-state index contributed by atoms with van der Waals surface area (Å²) in [4.78, 5) is 16.7. The molecule has 3 fully saturated rings. The molecule has 218 valence electrons. The number of hydrogen-bond acceptors (Lipinski definition) is 5. The van der Waals surface area contributed by atoms with E-state index in [4.69, 9.17) is 0 Å². The zero-order valence-electron chi connectivity index (χ0n) is 23.8. The van der Waals surface area contributed by atoms with Gasteiger partial charge in [-0.2, -0.15) is 0 Å². The maximum Gasteiger partial charge on any atom is 0.329 e. The molecule has 9 heteroatoms. The highest BCUT2D eigenvalue weighted by atomic mass is 32.2. The first kappa shape index (κ1) is 28.8. The molecule has 2 saturated heterocycles. The minimum Gasteiger partial charge on any atom is -0.312 e. The third-order valence-electron chi connectivity index (χ3n) is 9.40. The summed E-state index contributed by atoms with van der Waals surface area (Å²) in [5.74, 6) is 1.09. The monoisotopic (exact) mass is 559 g/mol. The SMILES string of the molecule is CS(=O)(=O)NCCC[C@@H]1CN(CC2CCCCCCC2)CC[C@H]1n1c(=O)n(C[C@@H]2CCCN2)c2ccccc21. The zero-order chi connectivity index (χ0) is 27.2. The second-order valence-corrected chi connectivity index (χ2v) is 14.3. The molecule has 0 bridgehead atoms. The van der Waals surface area contributed by atoms with Crippen molar-refractivity contribution in [1.82, 2.24) is 24.1 Å². The number of imidazole rings is 1. The Balaban J connectivity index is 1.37. The normalized spacial score (nSPS) is 26.1. The van der Waals surface area contributed by atoms with Crippen LogP contribution in [0.4, 0.5) is 0 Å². The van der Waals surface area contributed by atoms with Crippen molar-refractivity contribution in [3.8, 4) is 0 Å². The zero-order valence-corrected chi connectivity index (χ0v) is 24.6. The molecule has 8 nitrogen and oxygen atoms in total. The van der Waals surface area contributed by atoms with E-state index in [2.05, 4.69) is 31.6 Å². The third-order valence-corrected chi connectivity index (χ3v) is 10.1. The molecule has 5 rings (SSSR count). The molecular formula is C30H49N5O3S. The van der Waals surface area contributed by atoms with Gasteiger partial charge in [-0.3, -0.25) is 9.13 Å². The predicted molar refractivity (Wildman–Crippen MR) is 159 cm³/mol. The molecule has 1 aromatic heterocycles. The number of nitrogens with one attached hydrogen (secondary N) is 2. The molecule has 3 heterocycles. The van der Waals surface area contributed by atoms with E-state index in [0.29, 0.717) is 18.5 Å². The van der Waals surface area contributed by atoms with Crippen molar-refractivity contribution >= 4 is 21.1 Å². The quantitative estimate of drug-likeness (QED) is 0.428. The summed E-state index contributed by atoms with van der Waals surface area (Å²) >= 11 is 0. The number of hydrogen-bond donors (Lipinski definition) is 2. The summed E-state index contributed by atoms with van der Waals surface area (Å²) in [5, 5.41) is 3.56. The number of nitrogens with zero attached hydrogens (tertiary/aromatic N) is 3. The van der Waals surface area contributed by atoms with Crippen LogP contribution in [-0.4, -0.2) is 67.5 Å². The van der Waals surface area contributed by atoms with E-state index in [0.717, 1.165) is 75.4 Å². The van der Waals surface area contributed by atoms with Crippen LogP contribution < -0.4 is 15.7 Å². The van der Waals surface area contributed by atoms with Crippen molar-refractivity contribution in [3.63, 3.8) is 0 Å². The first-order chi connectivity index (χ1) is 18.9. The molecule has 3 atom stereocenters. The number of benzene rings is 1. The van der Waals surface area contributed by atoms with E-state index in [9.17, 15) is 13.2 Å². The summed E-state index contributed by atoms with van der Waals surface area (Å²) in [6.07, 6.45) is 15.7. The second kappa shape index (κ2) is 13.3. The van der Waals surface area contributed by atoms with Crippen LogP contribution in [0.2, 0.25) is 0 Å². The lowest BCUT2D eigenvalue weighted by Gasteiger charge is -2.41. The average Bonchev–Trinajstić information content (AvgIpc) is 3.50. The van der Waals surface area contributed by atoms with E-state index in [1.54, 1.807) is 0 Å². The van der Waals surface area contributed by atoms with E-state index in [1.807, 2.05) is 16.7 Å². The Labute approximate surface area is 234 Å². The van der Waals surface area contributed by atoms with Crippen LogP contribution >= 0.6 is 0 Å². The van der Waals surface area contributed by atoms with E-state index < -0.39 is 10.0 Å². The highest BCUT2D eigenvalue weighted by Crippen LogP contribution is 2.34. The summed E-state index contributed by atoms with van der Waals surface area (Å²) in [6, 6.07) is 8.77. The average molecular weight is 560 g/mol. The maximum atomic E-state index is 14.0. The molecule has 39 heavy (non-hydrogen) atoms. The van der Waals surface area contributed by atoms with Gasteiger partial charge in [0.1, 0.15) is 0 Å². The van der Waals surface area contributed by atoms with Crippen molar-refractivity contribution in [3.05, 3.63) is 34.7 Å². The van der Waals surface area contributed by atoms with Gasteiger partial charge >= 0.3 is 5.69 Å². The smallest absolute Gasteiger partial charge is 0.312 e. The van der Waals surface area contributed by atoms with Crippen molar-refractivity contribution in [2.24, 2.45) is 11.8 Å². The molecule has 0 unspecified atom stereocenters. The lowest BCUT2D eigenvalue weighted by atomic mass is 9.86. The van der Waals surface area contributed by atoms with E-state index in [-0.39, 0.29) is 11.7 Å². The maximum absolute atomic E-state index is 14.0. The topological polar surface area (TPSA) is 88.4 Å². The Morgan fingerprint density at radius 2 is 1.69 bits per heavy atom. The van der Waals surface area contributed by atoms with Crippen molar-refractivity contribution < 1.29 is 8.42 Å². The predicted octanol–water partition coefficient (Wildman–Crippen LogP) is 4.11. The second-order valence-electron chi connectivity index (χ2n) is 12.4. The Morgan fingerprint density at radius 3 is 2.41 bits per heavy atom. The number of sulfonamides is 1. The molecule has 1 aromatic carbocycles. The number of aromatic nitrogens is 2. The molecule has 3 aliphatic rings.